The minimum absolute atomic E-state index is 0.154. The van der Waals surface area contributed by atoms with Gasteiger partial charge in [-0.15, -0.1) is 0 Å². The Kier molecular flexibility index (Phi) is 14.5. The summed E-state index contributed by atoms with van der Waals surface area (Å²) in [5.74, 6) is -6.02. The van der Waals surface area contributed by atoms with Crippen molar-refractivity contribution in [3.8, 4) is 0 Å². The topological polar surface area (TPSA) is 225 Å². The molecule has 0 aromatic rings. The molecule has 0 saturated carbocycles. The van der Waals surface area contributed by atoms with E-state index in [0.29, 0.717) is 5.75 Å². The number of hydrogen-bond donors (Lipinski definition) is 7. The first-order valence-corrected chi connectivity index (χ1v) is 12.0. The fraction of sp³-hybridized carbons (Fsp3) is 0.700. The molecule has 0 saturated heterocycles. The highest BCUT2D eigenvalue weighted by Gasteiger charge is 2.31. The Bertz CT molecular complexity index is 748. The third-order valence-corrected chi connectivity index (χ3v) is 5.40. The molecule has 0 bridgehead atoms. The van der Waals surface area contributed by atoms with E-state index in [-0.39, 0.29) is 25.7 Å². The summed E-state index contributed by atoms with van der Waals surface area (Å²) in [5, 5.41) is 34.1. The van der Waals surface area contributed by atoms with Gasteiger partial charge in [0.15, 0.2) is 0 Å². The van der Waals surface area contributed by atoms with Crippen LogP contribution in [-0.2, 0) is 28.8 Å². The lowest BCUT2D eigenvalue weighted by Crippen LogP contribution is -2.57. The van der Waals surface area contributed by atoms with Crippen LogP contribution in [0.3, 0.4) is 0 Å². The largest absolute Gasteiger partial charge is 0.481 e. The summed E-state index contributed by atoms with van der Waals surface area (Å²) in [4.78, 5) is 70.9. The molecule has 3 amide bonds. The van der Waals surface area contributed by atoms with E-state index in [2.05, 4.69) is 16.0 Å². The fourth-order valence-electron chi connectivity index (χ4n) is 2.77. The van der Waals surface area contributed by atoms with Crippen LogP contribution in [0.15, 0.2) is 0 Å². The van der Waals surface area contributed by atoms with Gasteiger partial charge in [-0.25, -0.2) is 4.79 Å². The van der Waals surface area contributed by atoms with Crippen LogP contribution in [-0.4, -0.2) is 87.1 Å². The minimum atomic E-state index is -1.36. The average Bonchev–Trinajstić information content (AvgIpc) is 2.74. The number of amides is 3. The Morgan fingerprint density at radius 3 is 1.71 bits per heavy atom. The predicted molar refractivity (Wildman–Crippen MR) is 123 cm³/mol. The molecular formula is C20H34N4O9S. The monoisotopic (exact) mass is 506 g/mol. The average molecular weight is 507 g/mol. The van der Waals surface area contributed by atoms with Gasteiger partial charge in [0.25, 0.3) is 0 Å². The Hall–Kier alpha value is -2.87. The molecule has 14 heteroatoms. The second-order valence-corrected chi connectivity index (χ2v) is 8.93. The normalized spacial score (nSPS) is 14.4. The molecule has 0 aliphatic heterocycles. The van der Waals surface area contributed by atoms with E-state index in [1.54, 1.807) is 20.1 Å². The number of nitrogens with two attached hydrogens (primary N) is 1. The van der Waals surface area contributed by atoms with Crippen molar-refractivity contribution in [3.05, 3.63) is 0 Å². The lowest BCUT2D eigenvalue weighted by molar-refractivity contribution is -0.143. The van der Waals surface area contributed by atoms with E-state index in [9.17, 15) is 33.9 Å². The van der Waals surface area contributed by atoms with Crippen molar-refractivity contribution in [2.24, 2.45) is 11.7 Å². The summed E-state index contributed by atoms with van der Waals surface area (Å²) in [6.07, 6.45) is 0.579. The highest BCUT2D eigenvalue weighted by atomic mass is 32.2. The van der Waals surface area contributed by atoms with Crippen LogP contribution >= 0.6 is 11.8 Å². The summed E-state index contributed by atoms with van der Waals surface area (Å²) in [6.45, 7) is 3.22. The summed E-state index contributed by atoms with van der Waals surface area (Å²) in [6, 6.07) is -4.92. The molecule has 0 radical (unpaired) electrons. The van der Waals surface area contributed by atoms with Crippen LogP contribution in [0.2, 0.25) is 0 Å². The molecular weight excluding hydrogens is 472 g/mol. The van der Waals surface area contributed by atoms with Gasteiger partial charge in [0.1, 0.15) is 18.1 Å². The zero-order valence-corrected chi connectivity index (χ0v) is 20.2. The van der Waals surface area contributed by atoms with Gasteiger partial charge in [0, 0.05) is 12.8 Å². The molecule has 0 aromatic heterocycles. The van der Waals surface area contributed by atoms with E-state index in [0.717, 1.165) is 0 Å². The third kappa shape index (κ3) is 12.4. The number of carboxylic acids is 3. The maximum atomic E-state index is 12.9. The lowest BCUT2D eigenvalue weighted by atomic mass is 10.0. The first-order valence-electron chi connectivity index (χ1n) is 10.6. The summed E-state index contributed by atoms with van der Waals surface area (Å²) < 4.78 is 0. The maximum Gasteiger partial charge on any atom is 0.326 e. The van der Waals surface area contributed by atoms with Gasteiger partial charge in [-0.2, -0.15) is 11.8 Å². The van der Waals surface area contributed by atoms with Crippen LogP contribution in [0.4, 0.5) is 0 Å². The molecule has 13 nitrogen and oxygen atoms in total. The van der Waals surface area contributed by atoms with Gasteiger partial charge in [-0.05, 0) is 37.2 Å². The third-order valence-electron chi connectivity index (χ3n) is 4.76. The van der Waals surface area contributed by atoms with Crippen LogP contribution in [0.1, 0.15) is 46.0 Å². The van der Waals surface area contributed by atoms with E-state index in [1.807, 2.05) is 0 Å². The minimum Gasteiger partial charge on any atom is -0.481 e. The summed E-state index contributed by atoms with van der Waals surface area (Å²) >= 11 is 1.39. The van der Waals surface area contributed by atoms with Crippen molar-refractivity contribution >= 4 is 47.4 Å². The maximum absolute atomic E-state index is 12.9. The van der Waals surface area contributed by atoms with Crippen LogP contribution < -0.4 is 21.7 Å². The van der Waals surface area contributed by atoms with Crippen LogP contribution in [0.25, 0.3) is 0 Å². The second kappa shape index (κ2) is 15.9. The van der Waals surface area contributed by atoms with Gasteiger partial charge in [-0.3, -0.25) is 24.0 Å². The van der Waals surface area contributed by atoms with Crippen molar-refractivity contribution in [1.82, 2.24) is 16.0 Å². The Morgan fingerprint density at radius 1 is 0.765 bits per heavy atom. The second-order valence-electron chi connectivity index (χ2n) is 7.94. The SMILES string of the molecule is CSCCC(NC(=O)C(CCC(=O)O)NC(=O)C(N)CCC(=O)O)C(=O)NC(C(=O)O)C(C)C. The molecule has 0 spiro atoms. The van der Waals surface area contributed by atoms with Crippen molar-refractivity contribution < 1.29 is 44.1 Å². The van der Waals surface area contributed by atoms with E-state index < -0.39 is 72.1 Å². The molecule has 0 heterocycles. The number of carbonyl (C=O) groups is 6. The van der Waals surface area contributed by atoms with Gasteiger partial charge in [0.05, 0.1) is 6.04 Å². The first-order chi connectivity index (χ1) is 15.8. The van der Waals surface area contributed by atoms with Crippen molar-refractivity contribution in [2.75, 3.05) is 12.0 Å². The molecule has 8 N–H and O–H groups in total. The molecule has 194 valence electrons. The zero-order valence-electron chi connectivity index (χ0n) is 19.4. The van der Waals surface area contributed by atoms with Gasteiger partial charge in [0.2, 0.25) is 17.7 Å². The highest BCUT2D eigenvalue weighted by molar-refractivity contribution is 7.98. The Labute approximate surface area is 201 Å². The van der Waals surface area contributed by atoms with Crippen LogP contribution in [0, 0.1) is 5.92 Å². The number of rotatable bonds is 17. The molecule has 0 aliphatic rings. The van der Waals surface area contributed by atoms with Gasteiger partial charge in [-0.1, -0.05) is 13.8 Å². The number of aliphatic carboxylic acids is 3. The molecule has 4 unspecified atom stereocenters. The molecule has 0 fully saturated rings. The predicted octanol–water partition coefficient (Wildman–Crippen LogP) is -1.01. The Balaban J connectivity index is 5.49. The Morgan fingerprint density at radius 2 is 1.24 bits per heavy atom. The van der Waals surface area contributed by atoms with E-state index in [1.165, 1.54) is 11.8 Å². The standard InChI is InChI=1S/C20H34N4O9S/c1-10(2)16(20(32)33)24-19(31)13(8-9-34-3)23-18(30)12(5-7-15(27)28)22-17(29)11(21)4-6-14(25)26/h10-13,16H,4-9,21H2,1-3H3,(H,22,29)(H,23,30)(H,24,31)(H,25,26)(H,27,28)(H,32,33). The van der Waals surface area contributed by atoms with Crippen molar-refractivity contribution in [3.63, 3.8) is 0 Å². The molecule has 34 heavy (non-hydrogen) atoms. The smallest absolute Gasteiger partial charge is 0.326 e. The summed E-state index contributed by atoms with van der Waals surface area (Å²) in [7, 11) is 0. The van der Waals surface area contributed by atoms with E-state index >= 15 is 0 Å². The molecule has 0 rings (SSSR count). The molecule has 0 aromatic carbocycles. The van der Waals surface area contributed by atoms with Gasteiger partial charge < -0.3 is 37.0 Å². The quantitative estimate of drug-likeness (QED) is 0.126. The number of carbonyl (C=O) groups excluding carboxylic acids is 3. The first kappa shape index (κ1) is 31.1. The number of carboxylic acid groups (broad SMARTS) is 3. The summed E-state index contributed by atoms with van der Waals surface area (Å²) in [5.41, 5.74) is 5.65. The highest BCUT2D eigenvalue weighted by Crippen LogP contribution is 2.08. The van der Waals surface area contributed by atoms with Crippen molar-refractivity contribution in [1.29, 1.82) is 0 Å². The van der Waals surface area contributed by atoms with Crippen molar-refractivity contribution in [2.45, 2.75) is 70.1 Å². The number of hydrogen-bond acceptors (Lipinski definition) is 8. The molecule has 0 aliphatic carbocycles. The number of thioether (sulfide) groups is 1. The fourth-order valence-corrected chi connectivity index (χ4v) is 3.24. The van der Waals surface area contributed by atoms with E-state index in [4.69, 9.17) is 15.9 Å². The molecule has 4 atom stereocenters. The lowest BCUT2D eigenvalue weighted by Gasteiger charge is -2.26. The zero-order chi connectivity index (χ0) is 26.4. The number of nitrogens with one attached hydrogen (secondary N) is 3. The van der Waals surface area contributed by atoms with Crippen LogP contribution in [0.5, 0.6) is 0 Å². The van der Waals surface area contributed by atoms with Gasteiger partial charge >= 0.3 is 17.9 Å².